The minimum absolute atomic E-state index is 0.415. The second kappa shape index (κ2) is 2.09. The van der Waals surface area contributed by atoms with Crippen LogP contribution in [0.3, 0.4) is 0 Å². The maximum Gasteiger partial charge on any atom is 0.123 e. The zero-order valence-electron chi connectivity index (χ0n) is 9.54. The highest BCUT2D eigenvalue weighted by atomic mass is 15.1. The van der Waals surface area contributed by atoms with Gasteiger partial charge in [0.1, 0.15) is 1.41 Å². The lowest BCUT2D eigenvalue weighted by Gasteiger charge is -2.12. The summed E-state index contributed by atoms with van der Waals surface area (Å²) in [5.74, 6) is 0. The van der Waals surface area contributed by atoms with Gasteiger partial charge in [-0.05, 0) is 0 Å². The van der Waals surface area contributed by atoms with Gasteiger partial charge in [0.05, 0.1) is 12.0 Å². The van der Waals surface area contributed by atoms with Gasteiger partial charge in [0.25, 0.3) is 0 Å². The molecule has 2 heterocycles. The first-order valence-electron chi connectivity index (χ1n) is 5.22. The SMILES string of the molecule is [2H]N1CCc2c(ncn2C([2H])([2H])[2H])C1. The average molecular weight is 141 g/mol. The van der Waals surface area contributed by atoms with Gasteiger partial charge in [-0.2, -0.15) is 0 Å². The van der Waals surface area contributed by atoms with Crippen molar-refractivity contribution >= 4 is 0 Å². The summed E-state index contributed by atoms with van der Waals surface area (Å²) in [5.41, 5.74) is 1.45. The number of aromatic nitrogens is 2. The molecule has 0 spiro atoms. The smallest absolute Gasteiger partial charge is 0.123 e. The minimum atomic E-state index is -2.15. The fourth-order valence-electron chi connectivity index (χ4n) is 1.18. The van der Waals surface area contributed by atoms with Crippen LogP contribution in [0.15, 0.2) is 6.33 Å². The van der Waals surface area contributed by atoms with E-state index in [2.05, 4.69) is 4.98 Å². The number of nitrogens with one attached hydrogen (secondary N) is 1. The lowest BCUT2D eigenvalue weighted by atomic mass is 10.2. The van der Waals surface area contributed by atoms with Crippen LogP contribution in [-0.4, -0.2) is 16.1 Å². The van der Waals surface area contributed by atoms with Crippen molar-refractivity contribution in [2.75, 3.05) is 6.54 Å². The first-order chi connectivity index (χ1) is 6.48. The highest BCUT2D eigenvalue weighted by molar-refractivity contribution is 5.15. The van der Waals surface area contributed by atoms with E-state index in [0.717, 1.165) is 5.69 Å². The predicted molar refractivity (Wildman–Crippen MR) is 38.6 cm³/mol. The summed E-state index contributed by atoms with van der Waals surface area (Å²) in [5, 5.41) is 1.39. The predicted octanol–water partition coefficient (Wildman–Crippen LogP) is 0.0658. The highest BCUT2D eigenvalue weighted by Gasteiger charge is 2.11. The first-order valence-corrected chi connectivity index (χ1v) is 3.28. The fraction of sp³-hybridized carbons (Fsp3) is 0.571. The number of rotatable bonds is 0. The third-order valence-corrected chi connectivity index (χ3v) is 1.72. The van der Waals surface area contributed by atoms with E-state index in [9.17, 15) is 0 Å². The van der Waals surface area contributed by atoms with E-state index < -0.39 is 6.98 Å². The molecular formula is C7H11N3. The molecule has 3 heteroatoms. The zero-order chi connectivity index (χ0) is 10.3. The van der Waals surface area contributed by atoms with Crippen LogP contribution in [0.2, 0.25) is 1.41 Å². The molecular weight excluding hydrogens is 126 g/mol. The van der Waals surface area contributed by atoms with Crippen LogP contribution in [0.4, 0.5) is 0 Å². The van der Waals surface area contributed by atoms with Gasteiger partial charge >= 0.3 is 0 Å². The van der Waals surface area contributed by atoms with Gasteiger partial charge in [-0.1, -0.05) is 0 Å². The molecule has 0 unspecified atom stereocenters. The molecule has 2 rings (SSSR count). The molecule has 0 fully saturated rings. The zero-order valence-corrected chi connectivity index (χ0v) is 5.54. The first kappa shape index (κ1) is 3.05. The lowest BCUT2D eigenvalue weighted by molar-refractivity contribution is 0.612. The summed E-state index contributed by atoms with van der Waals surface area (Å²) >= 11 is 0. The van der Waals surface area contributed by atoms with Crippen LogP contribution >= 0.6 is 0 Å². The maximum atomic E-state index is 7.41. The molecule has 54 valence electrons. The van der Waals surface area contributed by atoms with Crippen molar-refractivity contribution in [3.63, 3.8) is 0 Å². The Balaban J connectivity index is 2.38. The molecule has 0 amide bonds. The Morgan fingerprint density at radius 2 is 3.00 bits per heavy atom. The molecule has 1 N–H and O–H groups in total. The summed E-state index contributed by atoms with van der Waals surface area (Å²) in [7, 11) is 0. The van der Waals surface area contributed by atoms with Crippen molar-refractivity contribution in [1.82, 2.24) is 14.9 Å². The summed E-state index contributed by atoms with van der Waals surface area (Å²) < 4.78 is 30.5. The van der Waals surface area contributed by atoms with E-state index in [1.54, 1.807) is 0 Å². The summed E-state index contributed by atoms with van der Waals surface area (Å²) in [6, 6.07) is 0. The van der Waals surface area contributed by atoms with Crippen molar-refractivity contribution in [3.05, 3.63) is 17.7 Å². The summed E-state index contributed by atoms with van der Waals surface area (Å²) in [6.07, 6.45) is 1.92. The number of aryl methyl sites for hydroxylation is 1. The number of fused-ring (bicyclic) bond motifs is 1. The molecule has 0 aliphatic carbocycles. The summed E-state index contributed by atoms with van der Waals surface area (Å²) in [4.78, 5) is 4.01. The monoisotopic (exact) mass is 141 g/mol. The van der Waals surface area contributed by atoms with Crippen molar-refractivity contribution in [2.45, 2.75) is 13.0 Å². The van der Waals surface area contributed by atoms with Gasteiger partial charge in [-0.3, -0.25) is 0 Å². The van der Waals surface area contributed by atoms with Crippen LogP contribution < -0.4 is 5.31 Å². The van der Waals surface area contributed by atoms with Gasteiger partial charge in [-0.15, -0.1) is 0 Å². The van der Waals surface area contributed by atoms with Gasteiger partial charge in [0, 0.05) is 36.3 Å². The molecule has 0 saturated heterocycles. The van der Waals surface area contributed by atoms with Crippen LogP contribution in [0.5, 0.6) is 0 Å². The number of hydrogen-bond acceptors (Lipinski definition) is 2. The Morgan fingerprint density at radius 3 is 3.90 bits per heavy atom. The molecule has 1 aliphatic heterocycles. The van der Waals surface area contributed by atoms with E-state index in [4.69, 9.17) is 5.52 Å². The number of imidazole rings is 1. The van der Waals surface area contributed by atoms with Crippen molar-refractivity contribution < 1.29 is 5.52 Å². The fourth-order valence-corrected chi connectivity index (χ4v) is 1.18. The van der Waals surface area contributed by atoms with Crippen LogP contribution in [0.25, 0.3) is 0 Å². The van der Waals surface area contributed by atoms with E-state index in [0.29, 0.717) is 25.2 Å². The van der Waals surface area contributed by atoms with Gasteiger partial charge < -0.3 is 9.88 Å². The normalized spacial score (nSPS) is 26.0. The van der Waals surface area contributed by atoms with Crippen LogP contribution in [-0.2, 0) is 19.9 Å². The van der Waals surface area contributed by atoms with Gasteiger partial charge in [-0.25, -0.2) is 4.98 Å². The van der Waals surface area contributed by atoms with Crippen LogP contribution in [0.1, 0.15) is 15.5 Å². The van der Waals surface area contributed by atoms with Gasteiger partial charge in [0.15, 0.2) is 0 Å². The quantitative estimate of drug-likeness (QED) is 0.554. The van der Waals surface area contributed by atoms with Crippen LogP contribution in [0, 0.1) is 0 Å². The Bertz CT molecular complexity index is 343. The second-order valence-electron chi connectivity index (χ2n) is 2.36. The third-order valence-electron chi connectivity index (χ3n) is 1.72. The third kappa shape index (κ3) is 0.743. The number of hydrogen-bond donors (Lipinski definition) is 1. The van der Waals surface area contributed by atoms with E-state index in [1.165, 1.54) is 16.2 Å². The van der Waals surface area contributed by atoms with E-state index in [1.807, 2.05) is 0 Å². The molecule has 0 saturated carbocycles. The Labute approximate surface area is 65.8 Å². The van der Waals surface area contributed by atoms with Crippen molar-refractivity contribution in [1.29, 1.82) is 0 Å². The number of nitrogens with zero attached hydrogens (tertiary/aromatic N) is 2. The van der Waals surface area contributed by atoms with Gasteiger partial charge in [0.2, 0.25) is 0 Å². The molecule has 0 radical (unpaired) electrons. The molecule has 1 aromatic rings. The maximum absolute atomic E-state index is 7.41. The average Bonchev–Trinajstić information content (AvgIpc) is 2.45. The molecule has 1 aromatic heterocycles. The molecule has 1 aliphatic rings. The molecule has 0 aromatic carbocycles. The molecule has 0 atom stereocenters. The molecule has 10 heavy (non-hydrogen) atoms. The topological polar surface area (TPSA) is 29.9 Å². The van der Waals surface area contributed by atoms with Crippen molar-refractivity contribution in [2.24, 2.45) is 6.98 Å². The largest absolute Gasteiger partial charge is 0.337 e. The molecule has 3 nitrogen and oxygen atoms in total. The molecule has 0 bridgehead atoms. The standard InChI is InChI=1S/C7H11N3/c1-10-5-9-6-4-8-3-2-7(6)10/h5,8H,2-4H2,1H3/i1D3/hD. The minimum Gasteiger partial charge on any atom is -0.337 e. The Morgan fingerprint density at radius 1 is 2.00 bits per heavy atom. The second-order valence-corrected chi connectivity index (χ2v) is 2.36. The van der Waals surface area contributed by atoms with E-state index in [-0.39, 0.29) is 0 Å². The summed E-state index contributed by atoms with van der Waals surface area (Å²) in [6.45, 7) is -1.17. The lowest BCUT2D eigenvalue weighted by Crippen LogP contribution is -2.24. The Kier molecular flexibility index (Phi) is 0.638. The van der Waals surface area contributed by atoms with Crippen molar-refractivity contribution in [3.8, 4) is 0 Å². The van der Waals surface area contributed by atoms with E-state index >= 15 is 0 Å². The highest BCUT2D eigenvalue weighted by Crippen LogP contribution is 2.09. The Hall–Kier alpha value is -0.830.